The molecule has 0 N–H and O–H groups in total. The van der Waals surface area contributed by atoms with E-state index in [1.807, 2.05) is 18.2 Å². The zero-order valence-electron chi connectivity index (χ0n) is 13.4. The summed E-state index contributed by atoms with van der Waals surface area (Å²) in [5, 5.41) is 0. The van der Waals surface area contributed by atoms with Crippen LogP contribution >= 0.6 is 7.60 Å². The van der Waals surface area contributed by atoms with Crippen LogP contribution in [0.25, 0.3) is 0 Å². The second-order valence-corrected chi connectivity index (χ2v) is 7.27. The Morgan fingerprint density at radius 2 is 1.08 bits per heavy atom. The molecule has 0 aliphatic carbocycles. The van der Waals surface area contributed by atoms with E-state index in [1.165, 1.54) is 0 Å². The number of Topliss-reactive ketones (excluding diaryl/α,β-unsaturated/α-hetero) is 1. The number of para-hydroxylation sites is 2. The smallest absolute Gasteiger partial charge is 0.416 e. The molecule has 0 radical (unpaired) electrons. The first kappa shape index (κ1) is 17.0. The fourth-order valence-corrected chi connectivity index (χ4v) is 3.84. The molecule has 0 saturated carbocycles. The predicted octanol–water partition coefficient (Wildman–Crippen LogP) is 5.22. The summed E-state index contributed by atoms with van der Waals surface area (Å²) in [6.45, 7) is 0. The standard InChI is InChI=1S/C20H17O4P/c21-20(17-10-4-1-5-11-17)16-25(22,23-18-12-6-2-7-13-18)24-19-14-8-3-9-15-19/h1-15H,16H2. The Kier molecular flexibility index (Phi) is 5.32. The normalized spacial score (nSPS) is 10.9. The molecule has 126 valence electrons. The first-order valence-electron chi connectivity index (χ1n) is 7.81. The van der Waals surface area contributed by atoms with E-state index in [2.05, 4.69) is 0 Å². The molecule has 0 amide bonds. The second-order valence-electron chi connectivity index (χ2n) is 5.37. The van der Waals surface area contributed by atoms with Crippen LogP contribution in [0.2, 0.25) is 0 Å². The lowest BCUT2D eigenvalue weighted by Gasteiger charge is -2.19. The summed E-state index contributed by atoms with van der Waals surface area (Å²) in [6.07, 6.45) is -0.346. The fraction of sp³-hybridized carbons (Fsp3) is 0.0500. The zero-order chi connectivity index (χ0) is 17.5. The Hall–Kier alpha value is -2.84. The molecular weight excluding hydrogens is 335 g/mol. The summed E-state index contributed by atoms with van der Waals surface area (Å²) in [5.41, 5.74) is 0.469. The number of benzene rings is 3. The van der Waals surface area contributed by atoms with Crippen molar-refractivity contribution in [2.75, 3.05) is 6.16 Å². The summed E-state index contributed by atoms with van der Waals surface area (Å²) in [5.74, 6) is 0.487. The summed E-state index contributed by atoms with van der Waals surface area (Å²) in [4.78, 5) is 12.5. The zero-order valence-corrected chi connectivity index (χ0v) is 14.3. The molecule has 0 aliphatic rings. The van der Waals surface area contributed by atoms with Gasteiger partial charge in [0, 0.05) is 5.56 Å². The summed E-state index contributed by atoms with van der Waals surface area (Å²) < 4.78 is 24.5. The molecular formula is C20H17O4P. The number of carbonyl (C=O) groups excluding carboxylic acids is 1. The quantitative estimate of drug-likeness (QED) is 0.432. The van der Waals surface area contributed by atoms with Crippen LogP contribution in [0, 0.1) is 0 Å². The highest BCUT2D eigenvalue weighted by molar-refractivity contribution is 7.55. The van der Waals surface area contributed by atoms with Gasteiger partial charge in [-0.3, -0.25) is 4.79 Å². The molecule has 0 aromatic heterocycles. The van der Waals surface area contributed by atoms with Gasteiger partial charge in [-0.05, 0) is 24.3 Å². The Morgan fingerprint density at radius 3 is 1.52 bits per heavy atom. The van der Waals surface area contributed by atoms with Gasteiger partial charge in [0.1, 0.15) is 17.7 Å². The molecule has 5 heteroatoms. The minimum atomic E-state index is -3.73. The SMILES string of the molecule is O=C(CP(=O)(Oc1ccccc1)Oc1ccccc1)c1ccccc1. The predicted molar refractivity (Wildman–Crippen MR) is 97.4 cm³/mol. The first-order valence-corrected chi connectivity index (χ1v) is 9.54. The van der Waals surface area contributed by atoms with Crippen molar-refractivity contribution in [1.29, 1.82) is 0 Å². The van der Waals surface area contributed by atoms with Crippen molar-refractivity contribution in [3.05, 3.63) is 96.6 Å². The Morgan fingerprint density at radius 1 is 0.680 bits per heavy atom. The van der Waals surface area contributed by atoms with Gasteiger partial charge in [0.2, 0.25) is 0 Å². The van der Waals surface area contributed by atoms with Gasteiger partial charge in [-0.2, -0.15) is 0 Å². The molecule has 4 nitrogen and oxygen atoms in total. The average molecular weight is 352 g/mol. The number of hydrogen-bond donors (Lipinski definition) is 0. The molecule has 3 aromatic rings. The van der Waals surface area contributed by atoms with Crippen molar-refractivity contribution in [3.63, 3.8) is 0 Å². The van der Waals surface area contributed by atoms with E-state index in [0.29, 0.717) is 17.1 Å². The van der Waals surface area contributed by atoms with Crippen molar-refractivity contribution in [3.8, 4) is 11.5 Å². The van der Waals surface area contributed by atoms with E-state index < -0.39 is 7.60 Å². The molecule has 0 heterocycles. The topological polar surface area (TPSA) is 52.6 Å². The molecule has 0 aliphatic heterocycles. The third-order valence-electron chi connectivity index (χ3n) is 3.41. The molecule has 3 aromatic carbocycles. The highest BCUT2D eigenvalue weighted by Gasteiger charge is 2.32. The van der Waals surface area contributed by atoms with Crippen LogP contribution in [-0.4, -0.2) is 11.9 Å². The molecule has 3 rings (SSSR count). The Balaban J connectivity index is 1.85. The first-order chi connectivity index (χ1) is 12.1. The van der Waals surface area contributed by atoms with Gasteiger partial charge < -0.3 is 9.05 Å². The number of hydrogen-bond acceptors (Lipinski definition) is 4. The van der Waals surface area contributed by atoms with Gasteiger partial charge in [0.25, 0.3) is 0 Å². The van der Waals surface area contributed by atoms with E-state index in [4.69, 9.17) is 9.05 Å². The van der Waals surface area contributed by atoms with Gasteiger partial charge in [-0.25, -0.2) is 4.57 Å². The van der Waals surface area contributed by atoms with Gasteiger partial charge in [-0.1, -0.05) is 66.7 Å². The largest absolute Gasteiger partial charge is 0.438 e. The summed E-state index contributed by atoms with van der Waals surface area (Å²) >= 11 is 0. The lowest BCUT2D eigenvalue weighted by molar-refractivity contribution is 0.101. The van der Waals surface area contributed by atoms with Crippen LogP contribution in [0.3, 0.4) is 0 Å². The molecule has 0 bridgehead atoms. The minimum absolute atomic E-state index is 0.296. The summed E-state index contributed by atoms with van der Waals surface area (Å²) in [6, 6.07) is 26.1. The number of carbonyl (C=O) groups is 1. The molecule has 0 spiro atoms. The second kappa shape index (κ2) is 7.82. The average Bonchev–Trinajstić information content (AvgIpc) is 2.64. The van der Waals surface area contributed by atoms with Crippen LogP contribution < -0.4 is 9.05 Å². The van der Waals surface area contributed by atoms with Crippen molar-refractivity contribution in [1.82, 2.24) is 0 Å². The highest BCUT2D eigenvalue weighted by atomic mass is 31.2. The molecule has 0 unspecified atom stereocenters. The van der Waals surface area contributed by atoms with Crippen molar-refractivity contribution < 1.29 is 18.4 Å². The lowest BCUT2D eigenvalue weighted by atomic mass is 10.2. The number of rotatable bonds is 7. The van der Waals surface area contributed by atoms with E-state index in [0.717, 1.165) is 0 Å². The highest BCUT2D eigenvalue weighted by Crippen LogP contribution is 2.48. The third-order valence-corrected chi connectivity index (χ3v) is 5.06. The van der Waals surface area contributed by atoms with Crippen LogP contribution in [0.4, 0.5) is 0 Å². The Bertz CT molecular complexity index is 818. The lowest BCUT2D eigenvalue weighted by Crippen LogP contribution is -2.13. The van der Waals surface area contributed by atoms with Gasteiger partial charge in [0.15, 0.2) is 5.78 Å². The summed E-state index contributed by atoms with van der Waals surface area (Å²) in [7, 11) is -3.73. The van der Waals surface area contributed by atoms with E-state index in [1.54, 1.807) is 72.8 Å². The van der Waals surface area contributed by atoms with Gasteiger partial charge in [0.05, 0.1) is 0 Å². The van der Waals surface area contributed by atoms with E-state index in [-0.39, 0.29) is 11.9 Å². The van der Waals surface area contributed by atoms with Crippen LogP contribution in [0.1, 0.15) is 10.4 Å². The van der Waals surface area contributed by atoms with Crippen molar-refractivity contribution in [2.45, 2.75) is 0 Å². The fourth-order valence-electron chi connectivity index (χ4n) is 2.26. The molecule has 0 atom stereocenters. The van der Waals surface area contributed by atoms with E-state index >= 15 is 0 Å². The molecule has 25 heavy (non-hydrogen) atoms. The molecule has 0 saturated heterocycles. The maximum absolute atomic E-state index is 13.3. The van der Waals surface area contributed by atoms with Crippen LogP contribution in [0.5, 0.6) is 11.5 Å². The monoisotopic (exact) mass is 352 g/mol. The maximum Gasteiger partial charge on any atom is 0.438 e. The van der Waals surface area contributed by atoms with Gasteiger partial charge in [-0.15, -0.1) is 0 Å². The third kappa shape index (κ3) is 4.82. The van der Waals surface area contributed by atoms with Crippen molar-refractivity contribution in [2.24, 2.45) is 0 Å². The maximum atomic E-state index is 13.3. The van der Waals surface area contributed by atoms with Crippen LogP contribution in [0.15, 0.2) is 91.0 Å². The minimum Gasteiger partial charge on any atom is -0.416 e. The number of ketones is 1. The molecule has 0 fully saturated rings. The van der Waals surface area contributed by atoms with Gasteiger partial charge >= 0.3 is 7.60 Å². The Labute approximate surface area is 146 Å². The van der Waals surface area contributed by atoms with Crippen molar-refractivity contribution >= 4 is 13.4 Å². The van der Waals surface area contributed by atoms with E-state index in [9.17, 15) is 9.36 Å². The van der Waals surface area contributed by atoms with Crippen LogP contribution in [-0.2, 0) is 4.57 Å².